The molecule has 1 aromatic carbocycles. The SMILES string of the molecule is CCOc1ccc(C(C)N)cc1CSc1nnc(C)s1. The lowest BCUT2D eigenvalue weighted by Gasteiger charge is -2.13. The fourth-order valence-electron chi connectivity index (χ4n) is 1.77. The molecule has 0 bridgehead atoms. The summed E-state index contributed by atoms with van der Waals surface area (Å²) >= 11 is 3.29. The Morgan fingerprint density at radius 1 is 1.40 bits per heavy atom. The molecule has 0 radical (unpaired) electrons. The van der Waals surface area contributed by atoms with E-state index in [0.29, 0.717) is 6.61 Å². The number of thioether (sulfide) groups is 1. The number of nitrogens with two attached hydrogens (primary N) is 1. The van der Waals surface area contributed by atoms with Crippen molar-refractivity contribution in [2.24, 2.45) is 5.73 Å². The van der Waals surface area contributed by atoms with Crippen molar-refractivity contribution in [3.63, 3.8) is 0 Å². The van der Waals surface area contributed by atoms with Gasteiger partial charge in [-0.15, -0.1) is 10.2 Å². The molecule has 0 aliphatic heterocycles. The van der Waals surface area contributed by atoms with Crippen LogP contribution < -0.4 is 10.5 Å². The number of aromatic nitrogens is 2. The van der Waals surface area contributed by atoms with Crippen LogP contribution in [0.3, 0.4) is 0 Å². The molecule has 6 heteroatoms. The van der Waals surface area contributed by atoms with Gasteiger partial charge in [0.25, 0.3) is 0 Å². The van der Waals surface area contributed by atoms with Gasteiger partial charge in [-0.05, 0) is 38.5 Å². The normalized spacial score (nSPS) is 12.4. The highest BCUT2D eigenvalue weighted by molar-refractivity contribution is 8.00. The van der Waals surface area contributed by atoms with Crippen LogP contribution in [0.4, 0.5) is 0 Å². The van der Waals surface area contributed by atoms with Gasteiger partial charge >= 0.3 is 0 Å². The maximum absolute atomic E-state index is 5.95. The topological polar surface area (TPSA) is 61.0 Å². The van der Waals surface area contributed by atoms with E-state index >= 15 is 0 Å². The molecule has 1 atom stereocenters. The predicted octanol–water partition coefficient (Wildman–Crippen LogP) is 3.56. The van der Waals surface area contributed by atoms with Crippen LogP contribution in [0.2, 0.25) is 0 Å². The quantitative estimate of drug-likeness (QED) is 0.827. The highest BCUT2D eigenvalue weighted by Crippen LogP contribution is 2.31. The maximum atomic E-state index is 5.95. The summed E-state index contributed by atoms with van der Waals surface area (Å²) in [6.45, 7) is 6.60. The summed E-state index contributed by atoms with van der Waals surface area (Å²) in [5, 5.41) is 9.15. The minimum absolute atomic E-state index is 0.0261. The Bertz CT molecular complexity index is 569. The summed E-state index contributed by atoms with van der Waals surface area (Å²) in [5.41, 5.74) is 8.22. The molecule has 0 aliphatic rings. The van der Waals surface area contributed by atoms with Crippen LogP contribution in [0.5, 0.6) is 5.75 Å². The molecular formula is C14H19N3OS2. The van der Waals surface area contributed by atoms with E-state index in [-0.39, 0.29) is 6.04 Å². The minimum atomic E-state index is 0.0261. The van der Waals surface area contributed by atoms with Crippen molar-refractivity contribution in [2.45, 2.75) is 36.9 Å². The van der Waals surface area contributed by atoms with E-state index < -0.39 is 0 Å². The summed E-state index contributed by atoms with van der Waals surface area (Å²) in [6, 6.07) is 6.18. The summed E-state index contributed by atoms with van der Waals surface area (Å²) in [5.74, 6) is 1.73. The van der Waals surface area contributed by atoms with E-state index in [1.165, 1.54) is 0 Å². The molecule has 20 heavy (non-hydrogen) atoms. The van der Waals surface area contributed by atoms with Crippen LogP contribution in [0.25, 0.3) is 0 Å². The third-order valence-electron chi connectivity index (χ3n) is 2.77. The third kappa shape index (κ3) is 3.94. The number of aryl methyl sites for hydroxylation is 1. The Morgan fingerprint density at radius 2 is 2.20 bits per heavy atom. The predicted molar refractivity (Wildman–Crippen MR) is 84.4 cm³/mol. The average molecular weight is 309 g/mol. The average Bonchev–Trinajstić information content (AvgIpc) is 2.83. The van der Waals surface area contributed by atoms with Gasteiger partial charge in [0.2, 0.25) is 0 Å². The van der Waals surface area contributed by atoms with Crippen molar-refractivity contribution < 1.29 is 4.74 Å². The Balaban J connectivity index is 2.16. The maximum Gasteiger partial charge on any atom is 0.174 e. The minimum Gasteiger partial charge on any atom is -0.494 e. The van der Waals surface area contributed by atoms with Crippen molar-refractivity contribution in [1.82, 2.24) is 10.2 Å². The first-order chi connectivity index (χ1) is 9.60. The van der Waals surface area contributed by atoms with E-state index in [4.69, 9.17) is 10.5 Å². The van der Waals surface area contributed by atoms with E-state index in [1.54, 1.807) is 23.1 Å². The highest BCUT2D eigenvalue weighted by Gasteiger charge is 2.10. The summed E-state index contributed by atoms with van der Waals surface area (Å²) in [7, 11) is 0. The monoisotopic (exact) mass is 309 g/mol. The number of ether oxygens (including phenoxy) is 1. The molecular weight excluding hydrogens is 290 g/mol. The van der Waals surface area contributed by atoms with E-state index in [2.05, 4.69) is 16.3 Å². The summed E-state index contributed by atoms with van der Waals surface area (Å²) in [6.07, 6.45) is 0. The zero-order chi connectivity index (χ0) is 14.5. The number of hydrogen-bond donors (Lipinski definition) is 1. The van der Waals surface area contributed by atoms with Crippen molar-refractivity contribution >= 4 is 23.1 Å². The van der Waals surface area contributed by atoms with Crippen LogP contribution in [0.15, 0.2) is 22.5 Å². The molecule has 1 aromatic heterocycles. The van der Waals surface area contributed by atoms with Gasteiger partial charge in [-0.1, -0.05) is 29.2 Å². The zero-order valence-electron chi connectivity index (χ0n) is 11.9. The molecule has 2 N–H and O–H groups in total. The lowest BCUT2D eigenvalue weighted by molar-refractivity contribution is 0.337. The molecule has 2 aromatic rings. The largest absolute Gasteiger partial charge is 0.494 e. The second kappa shape index (κ2) is 7.06. The first kappa shape index (κ1) is 15.3. The van der Waals surface area contributed by atoms with Crippen LogP contribution >= 0.6 is 23.1 Å². The smallest absolute Gasteiger partial charge is 0.174 e. The number of hydrogen-bond acceptors (Lipinski definition) is 6. The Hall–Kier alpha value is -1.11. The summed E-state index contributed by atoms with van der Waals surface area (Å²) < 4.78 is 6.66. The van der Waals surface area contributed by atoms with Gasteiger partial charge in [0, 0.05) is 17.4 Å². The van der Waals surface area contributed by atoms with E-state index in [0.717, 1.165) is 32.0 Å². The highest BCUT2D eigenvalue weighted by atomic mass is 32.2. The lowest BCUT2D eigenvalue weighted by atomic mass is 10.1. The third-order valence-corrected chi connectivity index (χ3v) is 4.79. The van der Waals surface area contributed by atoms with E-state index in [1.807, 2.05) is 32.9 Å². The van der Waals surface area contributed by atoms with Crippen LogP contribution in [-0.4, -0.2) is 16.8 Å². The van der Waals surface area contributed by atoms with Gasteiger partial charge in [0.15, 0.2) is 4.34 Å². The van der Waals surface area contributed by atoms with Crippen LogP contribution in [0.1, 0.15) is 36.0 Å². The molecule has 4 nitrogen and oxygen atoms in total. The van der Waals surface area contributed by atoms with E-state index in [9.17, 15) is 0 Å². The molecule has 108 valence electrons. The summed E-state index contributed by atoms with van der Waals surface area (Å²) in [4.78, 5) is 0. The lowest BCUT2D eigenvalue weighted by Crippen LogP contribution is -2.06. The fraction of sp³-hybridized carbons (Fsp3) is 0.429. The first-order valence-corrected chi connectivity index (χ1v) is 8.34. The fourth-order valence-corrected chi connectivity index (χ4v) is 3.56. The van der Waals surface area contributed by atoms with Gasteiger partial charge < -0.3 is 10.5 Å². The second-order valence-electron chi connectivity index (χ2n) is 4.46. The molecule has 0 saturated heterocycles. The molecule has 0 spiro atoms. The van der Waals surface area contributed by atoms with Gasteiger partial charge in [0.05, 0.1) is 6.61 Å². The standard InChI is InChI=1S/C14H19N3OS2/c1-4-18-13-6-5-11(9(2)15)7-12(13)8-19-14-17-16-10(3)20-14/h5-7,9H,4,8,15H2,1-3H3. The Kier molecular flexibility index (Phi) is 5.39. The Labute approximate surface area is 127 Å². The molecule has 0 saturated carbocycles. The molecule has 1 heterocycles. The van der Waals surface area contributed by atoms with Gasteiger partial charge in [-0.2, -0.15) is 0 Å². The number of nitrogens with zero attached hydrogens (tertiary/aromatic N) is 2. The van der Waals surface area contributed by atoms with Gasteiger partial charge in [-0.25, -0.2) is 0 Å². The number of benzene rings is 1. The first-order valence-electron chi connectivity index (χ1n) is 6.54. The number of rotatable bonds is 6. The molecule has 0 amide bonds. The molecule has 0 aliphatic carbocycles. The zero-order valence-corrected chi connectivity index (χ0v) is 13.6. The molecule has 0 fully saturated rings. The van der Waals surface area contributed by atoms with Crippen LogP contribution in [-0.2, 0) is 5.75 Å². The van der Waals surface area contributed by atoms with Gasteiger partial charge in [-0.3, -0.25) is 0 Å². The Morgan fingerprint density at radius 3 is 2.80 bits per heavy atom. The van der Waals surface area contributed by atoms with Crippen molar-refractivity contribution in [3.05, 3.63) is 34.3 Å². The molecule has 1 unspecified atom stereocenters. The van der Waals surface area contributed by atoms with Gasteiger partial charge in [0.1, 0.15) is 10.8 Å². The van der Waals surface area contributed by atoms with Crippen molar-refractivity contribution in [2.75, 3.05) is 6.61 Å². The van der Waals surface area contributed by atoms with Crippen LogP contribution in [0, 0.1) is 6.92 Å². The molecule has 2 rings (SSSR count). The van der Waals surface area contributed by atoms with Crippen molar-refractivity contribution in [1.29, 1.82) is 0 Å². The second-order valence-corrected chi connectivity index (χ2v) is 6.87. The van der Waals surface area contributed by atoms with Crippen molar-refractivity contribution in [3.8, 4) is 5.75 Å².